The zero-order valence-electron chi connectivity index (χ0n) is 49.5. The summed E-state index contributed by atoms with van der Waals surface area (Å²) >= 11 is 3.32. The number of allylic oxidation sites excluding steroid dienone is 6. The van der Waals surface area contributed by atoms with Gasteiger partial charge in [0, 0.05) is 61.4 Å². The molecule has 0 atom stereocenters. The molecule has 10 heteroatoms. The van der Waals surface area contributed by atoms with E-state index in [4.69, 9.17) is 4.42 Å². The smallest absolute Gasteiger partial charge is 0.180 e. The maximum Gasteiger partial charge on any atom is 0.180 e. The number of aromatic amines is 1. The number of hydrogen-bond acceptors (Lipinski definition) is 9. The molecule has 7 heterocycles. The monoisotopic (exact) mass is 1020 g/mol. The van der Waals surface area contributed by atoms with Crippen molar-refractivity contribution in [3.8, 4) is 0 Å². The van der Waals surface area contributed by atoms with E-state index < -0.39 is 0 Å². The van der Waals surface area contributed by atoms with Gasteiger partial charge in [0.15, 0.2) is 6.39 Å². The van der Waals surface area contributed by atoms with Crippen LogP contribution >= 0.6 is 22.7 Å². The first-order chi connectivity index (χ1) is 33.3. The van der Waals surface area contributed by atoms with Crippen LogP contribution in [0.4, 0.5) is 0 Å². The van der Waals surface area contributed by atoms with E-state index in [-0.39, 0.29) is 5.41 Å². The van der Waals surface area contributed by atoms with Crippen molar-refractivity contribution in [3.05, 3.63) is 150 Å². The number of thiophene rings is 1. The Morgan fingerprint density at radius 2 is 0.944 bits per heavy atom. The molecule has 0 unspecified atom stereocenters. The van der Waals surface area contributed by atoms with Crippen molar-refractivity contribution in [1.82, 2.24) is 20.2 Å². The van der Waals surface area contributed by atoms with Crippen molar-refractivity contribution in [2.24, 2.45) is 45.5 Å². The number of aromatic nitrogens is 4. The van der Waals surface area contributed by atoms with Crippen LogP contribution in [-0.2, 0) is 5.41 Å². The predicted octanol–water partition coefficient (Wildman–Crippen LogP) is 21.1. The van der Waals surface area contributed by atoms with Crippen molar-refractivity contribution in [3.63, 3.8) is 0 Å². The summed E-state index contributed by atoms with van der Waals surface area (Å²) in [6.07, 6.45) is 33.1. The Bertz CT molecular complexity index is 1480. The van der Waals surface area contributed by atoms with E-state index >= 15 is 0 Å². The molecule has 0 saturated carbocycles. The quantitative estimate of drug-likeness (QED) is 0.180. The summed E-state index contributed by atoms with van der Waals surface area (Å²) in [5.74, 6) is 6.41. The van der Waals surface area contributed by atoms with Gasteiger partial charge in [0.1, 0.15) is 16.3 Å². The molecule has 0 spiro atoms. The van der Waals surface area contributed by atoms with Crippen LogP contribution in [0.15, 0.2) is 158 Å². The van der Waals surface area contributed by atoms with Crippen LogP contribution in [0.5, 0.6) is 0 Å². The number of oxazole rings is 1. The molecule has 0 saturated heterocycles. The minimum absolute atomic E-state index is 0.168. The van der Waals surface area contributed by atoms with E-state index in [1.807, 2.05) is 84.1 Å². The van der Waals surface area contributed by atoms with Gasteiger partial charge in [-0.05, 0) is 77.0 Å². The molecule has 0 fully saturated rings. The van der Waals surface area contributed by atoms with Gasteiger partial charge < -0.3 is 13.8 Å². The highest BCUT2D eigenvalue weighted by Crippen LogP contribution is 2.22. The number of hydrogen-bond donors (Lipinski definition) is 1. The van der Waals surface area contributed by atoms with Crippen molar-refractivity contribution in [2.75, 3.05) is 0 Å². The van der Waals surface area contributed by atoms with Gasteiger partial charge in [-0.15, -0.1) is 21.5 Å². The van der Waals surface area contributed by atoms with Crippen LogP contribution in [0, 0.1) is 35.5 Å². The first kappa shape index (κ1) is 77.8. The summed E-state index contributed by atoms with van der Waals surface area (Å²) in [5.41, 5.74) is 1.93. The molecule has 3 aliphatic rings. The molecule has 5 aromatic rings. The summed E-state index contributed by atoms with van der Waals surface area (Å²) in [7, 11) is 0. The molecule has 0 amide bonds. The molecule has 71 heavy (non-hydrogen) atoms. The molecule has 406 valence electrons. The normalized spacial score (nSPS) is 11.1. The van der Waals surface area contributed by atoms with Crippen molar-refractivity contribution >= 4 is 35.1 Å². The third kappa shape index (κ3) is 108. The lowest BCUT2D eigenvalue weighted by Crippen LogP contribution is -2.10. The highest BCUT2D eigenvalue weighted by atomic mass is 32.1. The van der Waals surface area contributed by atoms with Crippen LogP contribution in [0.3, 0.4) is 0 Å². The van der Waals surface area contributed by atoms with Crippen LogP contribution in [0.2, 0.25) is 0 Å². The summed E-state index contributed by atoms with van der Waals surface area (Å²) in [5, 5.41) is 12.9. The molecule has 1 N–H and O–H groups in total. The molecule has 0 aromatic carbocycles. The van der Waals surface area contributed by atoms with Gasteiger partial charge in [-0.3, -0.25) is 9.98 Å². The molecule has 5 aromatic heterocycles. The van der Waals surface area contributed by atoms with Crippen molar-refractivity contribution in [1.29, 1.82) is 0 Å². The van der Waals surface area contributed by atoms with Gasteiger partial charge in [0.05, 0.1) is 18.7 Å². The Morgan fingerprint density at radius 3 is 1.07 bits per heavy atom. The molecule has 0 radical (unpaired) electrons. The average Bonchev–Trinajstić information content (AvgIpc) is 4.15. The maximum absolute atomic E-state index is 4.98. The number of nitrogens with zero attached hydrogens (tertiary/aromatic N) is 5. The number of nitrogens with one attached hydrogen (secondary N) is 1. The number of rotatable bonds is 1. The van der Waals surface area contributed by atoms with Gasteiger partial charge in [-0.1, -0.05) is 208 Å². The summed E-state index contributed by atoms with van der Waals surface area (Å²) < 4.78 is 9.57. The summed E-state index contributed by atoms with van der Waals surface area (Å²) in [6.45, 7) is 49.5. The highest BCUT2D eigenvalue weighted by molar-refractivity contribution is 7.09. The number of furan rings is 1. The Labute approximate surface area is 447 Å². The Hall–Kier alpha value is -4.67. The van der Waals surface area contributed by atoms with Gasteiger partial charge in [-0.2, -0.15) is 11.3 Å². The fourth-order valence-corrected chi connectivity index (χ4v) is 3.84. The maximum atomic E-state index is 4.98. The van der Waals surface area contributed by atoms with E-state index in [0.717, 1.165) is 65.5 Å². The van der Waals surface area contributed by atoms with Crippen molar-refractivity contribution < 1.29 is 8.83 Å². The van der Waals surface area contributed by atoms with Crippen LogP contribution in [0.25, 0.3) is 0 Å². The second-order valence-corrected chi connectivity index (χ2v) is 22.6. The molecular formula is C61H108N6O2S2. The standard InChI is InChI=1S/C6H10N2S.C6H9NO.C5H6.3C4H5N.C4H4O.C4H4S.6C4H10/c1-6(2,3)5-8-7-4-9-5;1-5(2)6-3-7-4-8-6;6*1-2-4-5-3-1;6*1-4(2)3/h4H,1-3H3;3-5H,1-2H3;1-4H,5H2;2*1,3-4H,2H2;1-5H;2*1-4H;6*4H,1-3H3. The highest BCUT2D eigenvalue weighted by Gasteiger charge is 2.16. The minimum atomic E-state index is 0.168. The number of aliphatic imine (C=N–C) groups is 2. The third-order valence-corrected chi connectivity index (χ3v) is 6.85. The lowest BCUT2D eigenvalue weighted by Gasteiger charge is -2.11. The van der Waals surface area contributed by atoms with E-state index in [1.54, 1.807) is 59.3 Å². The predicted molar refractivity (Wildman–Crippen MR) is 323 cm³/mol. The first-order valence-corrected chi connectivity index (χ1v) is 27.4. The van der Waals surface area contributed by atoms with Crippen LogP contribution in [-0.4, -0.2) is 32.6 Å². The second kappa shape index (κ2) is 61.4. The Balaban J connectivity index is -0.000000162. The Kier molecular flexibility index (Phi) is 67.3. The molecule has 8 nitrogen and oxygen atoms in total. The van der Waals surface area contributed by atoms with Gasteiger partial charge >= 0.3 is 0 Å². The largest absolute Gasteiger partial charge is 0.473 e. The SMILES string of the molecule is C1=CCC=C1.C1=CN=CC1.C1=CN=CC1.CC(C)(C)c1nncs1.CC(C)C.CC(C)C.CC(C)C.CC(C)C.CC(C)C.CC(C)C.CC(C)c1cnco1.c1cc[nH]c1.c1ccoc1.c1ccsc1. The Morgan fingerprint density at radius 1 is 0.535 bits per heavy atom. The lowest BCUT2D eigenvalue weighted by atomic mass is 9.98. The van der Waals surface area contributed by atoms with Crippen LogP contribution < -0.4 is 0 Å². The minimum Gasteiger partial charge on any atom is -0.473 e. The van der Waals surface area contributed by atoms with E-state index in [9.17, 15) is 0 Å². The fourth-order valence-electron chi connectivity index (χ4n) is 2.74. The fraction of sp³-hybridized carbons (Fsp3) is 0.557. The average molecular weight is 1020 g/mol. The van der Waals surface area contributed by atoms with Gasteiger partial charge in [-0.25, -0.2) is 4.98 Å². The molecule has 1 aliphatic carbocycles. The molecular weight excluding hydrogens is 913 g/mol. The van der Waals surface area contributed by atoms with Gasteiger partial charge in [0.2, 0.25) is 0 Å². The lowest BCUT2D eigenvalue weighted by molar-refractivity contribution is 0.482. The zero-order valence-corrected chi connectivity index (χ0v) is 51.1. The summed E-state index contributed by atoms with van der Waals surface area (Å²) in [4.78, 5) is 14.2. The molecule has 8 rings (SSSR count). The second-order valence-electron chi connectivity index (χ2n) is 20.9. The topological polar surface area (TPSA) is 105 Å². The zero-order chi connectivity index (χ0) is 55.6. The van der Waals surface area contributed by atoms with E-state index in [1.165, 1.54) is 6.39 Å². The van der Waals surface area contributed by atoms with Crippen LogP contribution in [0.1, 0.15) is 195 Å². The molecule has 0 bridgehead atoms. The van der Waals surface area contributed by atoms with E-state index in [2.05, 4.69) is 218 Å². The third-order valence-electron chi connectivity index (χ3n) is 5.10. The number of H-pyrrole nitrogens is 1. The van der Waals surface area contributed by atoms with E-state index in [0.29, 0.717) is 5.92 Å². The van der Waals surface area contributed by atoms with Gasteiger partial charge in [0.25, 0.3) is 0 Å². The summed E-state index contributed by atoms with van der Waals surface area (Å²) in [6, 6.07) is 11.6. The molecule has 2 aliphatic heterocycles. The first-order valence-electron chi connectivity index (χ1n) is 25.6. The van der Waals surface area contributed by atoms with Crippen molar-refractivity contribution in [2.45, 2.75) is 190 Å².